The minimum Gasteiger partial charge on any atom is -0.494 e. The summed E-state index contributed by atoms with van der Waals surface area (Å²) in [4.78, 5) is 10.3. The Labute approximate surface area is 102 Å². The number of unbranched alkanes of at least 4 members (excludes halogenated alkanes) is 1. The Hall–Kier alpha value is -1.51. The number of carboxylic acid groups (broad SMARTS) is 1. The van der Waals surface area contributed by atoms with Crippen LogP contribution < -0.4 is 4.74 Å². The second kappa shape index (κ2) is 6.94. The van der Waals surface area contributed by atoms with Gasteiger partial charge in [0.25, 0.3) is 0 Å². The maximum Gasteiger partial charge on any atom is 0.303 e. The van der Waals surface area contributed by atoms with Gasteiger partial charge in [-0.1, -0.05) is 26.0 Å². The second-order valence-electron chi connectivity index (χ2n) is 4.42. The Bertz CT molecular complexity index is 341. The van der Waals surface area contributed by atoms with Crippen LogP contribution in [0.5, 0.6) is 5.75 Å². The lowest BCUT2D eigenvalue weighted by atomic mass is 10.0. The van der Waals surface area contributed by atoms with E-state index in [0.717, 1.165) is 12.2 Å². The van der Waals surface area contributed by atoms with Gasteiger partial charge in [0.15, 0.2) is 0 Å². The van der Waals surface area contributed by atoms with Crippen molar-refractivity contribution < 1.29 is 14.6 Å². The molecular formula is C14H20O3. The van der Waals surface area contributed by atoms with Gasteiger partial charge in [0.1, 0.15) is 5.75 Å². The van der Waals surface area contributed by atoms with Crippen molar-refractivity contribution in [2.75, 3.05) is 6.61 Å². The van der Waals surface area contributed by atoms with Gasteiger partial charge in [-0.05, 0) is 36.5 Å². The monoisotopic (exact) mass is 236 g/mol. The van der Waals surface area contributed by atoms with Crippen LogP contribution in [-0.4, -0.2) is 17.7 Å². The number of carboxylic acids is 1. The molecule has 3 heteroatoms. The van der Waals surface area contributed by atoms with Crippen molar-refractivity contribution in [1.82, 2.24) is 0 Å². The lowest BCUT2D eigenvalue weighted by Crippen LogP contribution is -2.00. The molecular weight excluding hydrogens is 216 g/mol. The van der Waals surface area contributed by atoms with E-state index in [9.17, 15) is 4.79 Å². The zero-order chi connectivity index (χ0) is 12.7. The average Bonchev–Trinajstić information content (AvgIpc) is 2.29. The highest BCUT2D eigenvalue weighted by Gasteiger charge is 2.00. The van der Waals surface area contributed by atoms with Crippen LogP contribution in [0.2, 0.25) is 0 Å². The Morgan fingerprint density at radius 1 is 1.24 bits per heavy atom. The lowest BCUT2D eigenvalue weighted by Gasteiger charge is -2.08. The topological polar surface area (TPSA) is 46.5 Å². The standard InChI is InChI=1S/C14H20O3/c1-11(2)12-6-8-13(9-7-12)17-10-4-3-5-14(15)16/h6-9,11H,3-5,10H2,1-2H3,(H,15,16). The van der Waals surface area contributed by atoms with Crippen molar-refractivity contribution in [3.8, 4) is 5.75 Å². The molecule has 0 bridgehead atoms. The van der Waals surface area contributed by atoms with Crippen molar-refractivity contribution in [2.24, 2.45) is 0 Å². The van der Waals surface area contributed by atoms with Crippen molar-refractivity contribution >= 4 is 5.97 Å². The molecule has 0 heterocycles. The highest BCUT2D eigenvalue weighted by atomic mass is 16.5. The highest BCUT2D eigenvalue weighted by Crippen LogP contribution is 2.18. The number of carbonyl (C=O) groups is 1. The van der Waals surface area contributed by atoms with E-state index in [1.807, 2.05) is 12.1 Å². The van der Waals surface area contributed by atoms with Crippen LogP contribution in [0.15, 0.2) is 24.3 Å². The van der Waals surface area contributed by atoms with Crippen LogP contribution >= 0.6 is 0 Å². The normalized spacial score (nSPS) is 10.5. The maximum atomic E-state index is 10.3. The Morgan fingerprint density at radius 3 is 2.41 bits per heavy atom. The van der Waals surface area contributed by atoms with Gasteiger partial charge in [-0.15, -0.1) is 0 Å². The first kappa shape index (κ1) is 13.6. The summed E-state index contributed by atoms with van der Waals surface area (Å²) in [6.45, 7) is 4.89. The van der Waals surface area contributed by atoms with Gasteiger partial charge in [-0.3, -0.25) is 4.79 Å². The van der Waals surface area contributed by atoms with E-state index < -0.39 is 5.97 Å². The van der Waals surface area contributed by atoms with Gasteiger partial charge < -0.3 is 9.84 Å². The molecule has 0 radical (unpaired) electrons. The fraction of sp³-hybridized carbons (Fsp3) is 0.500. The maximum absolute atomic E-state index is 10.3. The molecule has 0 saturated heterocycles. The van der Waals surface area contributed by atoms with E-state index >= 15 is 0 Å². The first-order chi connectivity index (χ1) is 8.09. The summed E-state index contributed by atoms with van der Waals surface area (Å²) in [6, 6.07) is 8.06. The van der Waals surface area contributed by atoms with E-state index in [4.69, 9.17) is 9.84 Å². The van der Waals surface area contributed by atoms with Crippen molar-refractivity contribution in [3.05, 3.63) is 29.8 Å². The van der Waals surface area contributed by atoms with Gasteiger partial charge in [-0.25, -0.2) is 0 Å². The number of hydrogen-bond acceptors (Lipinski definition) is 2. The lowest BCUT2D eigenvalue weighted by molar-refractivity contribution is -0.137. The molecule has 0 aliphatic carbocycles. The second-order valence-corrected chi connectivity index (χ2v) is 4.42. The molecule has 0 saturated carbocycles. The van der Waals surface area contributed by atoms with Crippen molar-refractivity contribution in [3.63, 3.8) is 0 Å². The first-order valence-corrected chi connectivity index (χ1v) is 6.04. The molecule has 0 spiro atoms. The quantitative estimate of drug-likeness (QED) is 0.738. The molecule has 94 valence electrons. The van der Waals surface area contributed by atoms with Crippen LogP contribution in [0.4, 0.5) is 0 Å². The molecule has 1 N–H and O–H groups in total. The summed E-state index contributed by atoms with van der Waals surface area (Å²) in [7, 11) is 0. The summed E-state index contributed by atoms with van der Waals surface area (Å²) in [5, 5.41) is 8.47. The van der Waals surface area contributed by atoms with E-state index in [1.165, 1.54) is 5.56 Å². The molecule has 0 unspecified atom stereocenters. The van der Waals surface area contributed by atoms with Crippen LogP contribution in [0.1, 0.15) is 44.6 Å². The van der Waals surface area contributed by atoms with E-state index in [0.29, 0.717) is 18.9 Å². The number of aliphatic carboxylic acids is 1. The third-order valence-corrected chi connectivity index (χ3v) is 2.60. The molecule has 0 aliphatic heterocycles. The molecule has 0 fully saturated rings. The van der Waals surface area contributed by atoms with Gasteiger partial charge in [0.05, 0.1) is 6.61 Å². The van der Waals surface area contributed by atoms with E-state index in [2.05, 4.69) is 26.0 Å². The fourth-order valence-electron chi connectivity index (χ4n) is 1.52. The summed E-state index contributed by atoms with van der Waals surface area (Å²) in [5.41, 5.74) is 1.29. The molecule has 1 aromatic carbocycles. The molecule has 17 heavy (non-hydrogen) atoms. The molecule has 0 amide bonds. The molecule has 0 atom stereocenters. The smallest absolute Gasteiger partial charge is 0.303 e. The number of ether oxygens (including phenoxy) is 1. The van der Waals surface area contributed by atoms with Crippen molar-refractivity contribution in [1.29, 1.82) is 0 Å². The largest absolute Gasteiger partial charge is 0.494 e. The molecule has 1 rings (SSSR count). The van der Waals surface area contributed by atoms with Crippen LogP contribution in [-0.2, 0) is 4.79 Å². The minimum atomic E-state index is -0.744. The predicted octanol–water partition coefficient (Wildman–Crippen LogP) is 3.44. The van der Waals surface area contributed by atoms with Crippen molar-refractivity contribution in [2.45, 2.75) is 39.0 Å². The highest BCUT2D eigenvalue weighted by molar-refractivity contribution is 5.66. The minimum absolute atomic E-state index is 0.218. The SMILES string of the molecule is CC(C)c1ccc(OCCCCC(=O)O)cc1. The van der Waals surface area contributed by atoms with Gasteiger partial charge in [-0.2, -0.15) is 0 Å². The van der Waals surface area contributed by atoms with Crippen LogP contribution in [0.3, 0.4) is 0 Å². The number of hydrogen-bond donors (Lipinski definition) is 1. The molecule has 0 aromatic heterocycles. The first-order valence-electron chi connectivity index (χ1n) is 6.04. The van der Waals surface area contributed by atoms with Gasteiger partial charge in [0.2, 0.25) is 0 Å². The molecule has 0 aliphatic rings. The van der Waals surface area contributed by atoms with E-state index in [-0.39, 0.29) is 6.42 Å². The third-order valence-electron chi connectivity index (χ3n) is 2.60. The predicted molar refractivity (Wildman–Crippen MR) is 67.5 cm³/mol. The molecule has 3 nitrogen and oxygen atoms in total. The summed E-state index contributed by atoms with van der Waals surface area (Å²) >= 11 is 0. The zero-order valence-electron chi connectivity index (χ0n) is 10.5. The number of rotatable bonds is 7. The summed E-state index contributed by atoms with van der Waals surface area (Å²) in [6.07, 6.45) is 1.66. The van der Waals surface area contributed by atoms with Gasteiger partial charge >= 0.3 is 5.97 Å². The van der Waals surface area contributed by atoms with E-state index in [1.54, 1.807) is 0 Å². The van der Waals surface area contributed by atoms with Crippen LogP contribution in [0.25, 0.3) is 0 Å². The zero-order valence-corrected chi connectivity index (χ0v) is 10.5. The third kappa shape index (κ3) is 5.38. The Morgan fingerprint density at radius 2 is 1.88 bits per heavy atom. The Kier molecular flexibility index (Phi) is 5.53. The van der Waals surface area contributed by atoms with Gasteiger partial charge in [0, 0.05) is 6.42 Å². The Balaban J connectivity index is 2.25. The average molecular weight is 236 g/mol. The fourth-order valence-corrected chi connectivity index (χ4v) is 1.52. The summed E-state index contributed by atoms with van der Waals surface area (Å²) in [5.74, 6) is 0.635. The number of benzene rings is 1. The molecule has 1 aromatic rings. The summed E-state index contributed by atoms with van der Waals surface area (Å²) < 4.78 is 5.53. The van der Waals surface area contributed by atoms with Crippen LogP contribution in [0, 0.1) is 0 Å².